The predicted octanol–water partition coefficient (Wildman–Crippen LogP) is 6.55. The SMILES string of the molecule is Clc1ccc([O][Dy]([O]c2ccc(Cl)cc2)[O]c2ccc(Cl)cc2)cc1. The Balaban J connectivity index is 1.77. The molecule has 0 saturated heterocycles. The molecule has 0 atom stereocenters. The zero-order valence-electron chi connectivity index (χ0n) is 12.6. The van der Waals surface area contributed by atoms with Gasteiger partial charge in [-0.3, -0.25) is 0 Å². The van der Waals surface area contributed by atoms with E-state index in [2.05, 4.69) is 0 Å². The number of hydrogen-bond acceptors (Lipinski definition) is 3. The predicted molar refractivity (Wildman–Crippen MR) is 96.2 cm³/mol. The van der Waals surface area contributed by atoms with Gasteiger partial charge in [0.1, 0.15) is 0 Å². The first-order valence-corrected chi connectivity index (χ1v) is 10.6. The van der Waals surface area contributed by atoms with Crippen LogP contribution in [0.4, 0.5) is 0 Å². The number of rotatable bonds is 6. The minimum absolute atomic E-state index is 0.623. The molecule has 0 aliphatic heterocycles. The molecule has 0 radical (unpaired) electrons. The van der Waals surface area contributed by atoms with E-state index in [4.69, 9.17) is 39.0 Å². The van der Waals surface area contributed by atoms with Crippen molar-refractivity contribution >= 4 is 34.8 Å². The molecule has 0 spiro atoms. The van der Waals surface area contributed by atoms with E-state index >= 15 is 0 Å². The van der Waals surface area contributed by atoms with Crippen molar-refractivity contribution in [2.75, 3.05) is 0 Å². The van der Waals surface area contributed by atoms with Crippen LogP contribution >= 0.6 is 34.8 Å². The molecule has 0 saturated carbocycles. The third kappa shape index (κ3) is 6.14. The van der Waals surface area contributed by atoms with Gasteiger partial charge in [-0.25, -0.2) is 0 Å². The molecule has 0 amide bonds. The molecule has 3 aromatic carbocycles. The van der Waals surface area contributed by atoms with Gasteiger partial charge in [-0.2, -0.15) is 0 Å². The monoisotopic (exact) mass is 545 g/mol. The van der Waals surface area contributed by atoms with Gasteiger partial charge in [0, 0.05) is 0 Å². The second-order valence-corrected chi connectivity index (χ2v) is 8.28. The fourth-order valence-electron chi connectivity index (χ4n) is 1.65. The summed E-state index contributed by atoms with van der Waals surface area (Å²) in [5, 5.41) is 1.89. The van der Waals surface area contributed by atoms with Gasteiger partial charge >= 0.3 is 178 Å². The average Bonchev–Trinajstić information content (AvgIpc) is 2.61. The summed E-state index contributed by atoms with van der Waals surface area (Å²) in [5.74, 6) is 1.87. The van der Waals surface area contributed by atoms with E-state index in [-0.39, 0.29) is 0 Å². The molecular formula is C18H12Cl3DyO3. The van der Waals surface area contributed by atoms with Crippen molar-refractivity contribution in [1.29, 1.82) is 0 Å². The van der Waals surface area contributed by atoms with Crippen molar-refractivity contribution in [3.63, 3.8) is 0 Å². The van der Waals surface area contributed by atoms with Gasteiger partial charge in [0.2, 0.25) is 0 Å². The van der Waals surface area contributed by atoms with Gasteiger partial charge in [0.05, 0.1) is 0 Å². The molecule has 0 N–H and O–H groups in total. The molecule has 25 heavy (non-hydrogen) atoms. The molecule has 7 heteroatoms. The first kappa shape index (κ1) is 19.0. The Morgan fingerprint density at radius 2 is 0.680 bits per heavy atom. The fourth-order valence-corrected chi connectivity index (χ4v) is 4.29. The Bertz CT molecular complexity index is 696. The van der Waals surface area contributed by atoms with Crippen LogP contribution in [-0.4, -0.2) is 0 Å². The molecule has 133 valence electrons. The van der Waals surface area contributed by atoms with E-state index in [0.29, 0.717) is 32.3 Å². The molecule has 3 nitrogen and oxygen atoms in total. The summed E-state index contributed by atoms with van der Waals surface area (Å²) in [6, 6.07) is 21.1. The normalized spacial score (nSPS) is 10.9. The standard InChI is InChI=1S/3C6H5ClO.Dy/c3*7-5-1-3-6(8)4-2-5;/h3*1-4,8H;/q;;;+3/p-3. The van der Waals surface area contributed by atoms with Crippen LogP contribution < -0.4 is 4.17 Å². The molecule has 0 aromatic heterocycles. The molecule has 0 aliphatic rings. The summed E-state index contributed by atoms with van der Waals surface area (Å²) >= 11 is 14.9. The maximum absolute atomic E-state index is 5.93. The first-order chi connectivity index (χ1) is 12.1. The van der Waals surface area contributed by atoms with Crippen LogP contribution in [0.15, 0.2) is 72.8 Å². The van der Waals surface area contributed by atoms with E-state index in [1.165, 1.54) is 0 Å². The van der Waals surface area contributed by atoms with E-state index in [1.807, 2.05) is 0 Å². The van der Waals surface area contributed by atoms with Crippen molar-refractivity contribution in [1.82, 2.24) is 0 Å². The van der Waals surface area contributed by atoms with Crippen LogP contribution in [0.3, 0.4) is 0 Å². The minimum atomic E-state index is -2.80. The second-order valence-electron chi connectivity index (χ2n) is 4.71. The summed E-state index contributed by atoms with van der Waals surface area (Å²) in [6.45, 7) is 0. The zero-order valence-corrected chi connectivity index (χ0v) is 16.9. The van der Waals surface area contributed by atoms with Crippen molar-refractivity contribution in [2.24, 2.45) is 0 Å². The van der Waals surface area contributed by atoms with Gasteiger partial charge in [0.25, 0.3) is 0 Å². The number of benzene rings is 3. The van der Waals surface area contributed by atoms with Crippen LogP contribution in [0, 0.1) is 34.0 Å². The third-order valence-electron chi connectivity index (χ3n) is 2.82. The summed E-state index contributed by atoms with van der Waals surface area (Å²) in [5.41, 5.74) is 0. The number of halogens is 3. The van der Waals surface area contributed by atoms with Crippen molar-refractivity contribution in [2.45, 2.75) is 0 Å². The van der Waals surface area contributed by atoms with Gasteiger partial charge in [-0.05, 0) is 0 Å². The molecule has 3 aromatic rings. The van der Waals surface area contributed by atoms with Gasteiger partial charge < -0.3 is 0 Å². The van der Waals surface area contributed by atoms with Crippen LogP contribution in [0.25, 0.3) is 0 Å². The second kappa shape index (κ2) is 9.23. The molecule has 0 aliphatic carbocycles. The van der Waals surface area contributed by atoms with Crippen LogP contribution in [0.5, 0.6) is 17.2 Å². The Kier molecular flexibility index (Phi) is 7.01. The molecule has 3 rings (SSSR count). The third-order valence-corrected chi connectivity index (χ3v) is 6.03. The topological polar surface area (TPSA) is 27.7 Å². The summed E-state index contributed by atoms with van der Waals surface area (Å²) in [4.78, 5) is 0. The Labute approximate surface area is 176 Å². The number of hydrogen-bond donors (Lipinski definition) is 0. The van der Waals surface area contributed by atoms with Crippen LogP contribution in [-0.2, 0) is 0 Å². The zero-order chi connectivity index (χ0) is 17.6. The van der Waals surface area contributed by atoms with E-state index < -0.39 is 34.0 Å². The molecule has 0 unspecified atom stereocenters. The van der Waals surface area contributed by atoms with E-state index in [1.54, 1.807) is 72.8 Å². The maximum atomic E-state index is 5.93. The van der Waals surface area contributed by atoms with Crippen molar-refractivity contribution in [3.05, 3.63) is 87.9 Å². The molecular weight excluding hydrogens is 533 g/mol. The van der Waals surface area contributed by atoms with Crippen molar-refractivity contribution < 1.29 is 38.1 Å². The average molecular weight is 545 g/mol. The summed E-state index contributed by atoms with van der Waals surface area (Å²) < 4.78 is 17.8. The van der Waals surface area contributed by atoms with E-state index in [9.17, 15) is 0 Å². The van der Waals surface area contributed by atoms with Gasteiger partial charge in [-0.1, -0.05) is 0 Å². The quantitative estimate of drug-likeness (QED) is 0.352. The summed E-state index contributed by atoms with van der Waals surface area (Å²) in [6.07, 6.45) is 0. The fraction of sp³-hybridized carbons (Fsp3) is 0. The van der Waals surface area contributed by atoms with Gasteiger partial charge in [-0.15, -0.1) is 0 Å². The Hall–Kier alpha value is -0.797. The van der Waals surface area contributed by atoms with Crippen LogP contribution in [0.2, 0.25) is 15.1 Å². The summed E-state index contributed by atoms with van der Waals surface area (Å²) in [7, 11) is 0. The Morgan fingerprint density at radius 3 is 0.920 bits per heavy atom. The van der Waals surface area contributed by atoms with E-state index in [0.717, 1.165) is 0 Å². The van der Waals surface area contributed by atoms with Crippen LogP contribution in [0.1, 0.15) is 0 Å². The molecule has 0 fully saturated rings. The van der Waals surface area contributed by atoms with Gasteiger partial charge in [0.15, 0.2) is 0 Å². The molecule has 0 bridgehead atoms. The Morgan fingerprint density at radius 1 is 0.440 bits per heavy atom. The van der Waals surface area contributed by atoms with Crippen molar-refractivity contribution in [3.8, 4) is 17.2 Å². The first-order valence-electron chi connectivity index (χ1n) is 7.03. The molecule has 0 heterocycles.